The second-order valence-electron chi connectivity index (χ2n) is 15.4. The lowest BCUT2D eigenvalue weighted by molar-refractivity contribution is -0.137. The van der Waals surface area contributed by atoms with Gasteiger partial charge in [0.2, 0.25) is 5.91 Å². The predicted molar refractivity (Wildman–Crippen MR) is 189 cm³/mol. The molecule has 2 aromatic rings. The van der Waals surface area contributed by atoms with Crippen LogP contribution in [0.4, 0.5) is 5.82 Å². The largest absolute Gasteiger partial charge is 0.489 e. The van der Waals surface area contributed by atoms with Crippen molar-refractivity contribution in [3.05, 3.63) is 64.3 Å². The predicted octanol–water partition coefficient (Wildman–Crippen LogP) is 5.65. The van der Waals surface area contributed by atoms with Gasteiger partial charge >= 0.3 is 5.91 Å². The van der Waals surface area contributed by atoms with Gasteiger partial charge in [0.05, 0.1) is 24.1 Å². The number of amides is 2. The van der Waals surface area contributed by atoms with Crippen LogP contribution in [0.25, 0.3) is 0 Å². The fourth-order valence-corrected chi connectivity index (χ4v) is 10.8. The topological polar surface area (TPSA) is 130 Å². The summed E-state index contributed by atoms with van der Waals surface area (Å²) in [5.74, 6) is -0.0328. The Morgan fingerprint density at radius 1 is 1.22 bits per heavy atom. The fourth-order valence-electron chi connectivity index (χ4n) is 8.64. The van der Waals surface area contributed by atoms with Crippen molar-refractivity contribution in [1.82, 2.24) is 9.71 Å². The molecule has 1 aromatic heterocycles. The van der Waals surface area contributed by atoms with E-state index in [1.165, 1.54) is 11.1 Å². The number of methoxy groups -OCH3 is 1. The molecule has 1 aromatic carbocycles. The van der Waals surface area contributed by atoms with Gasteiger partial charge in [0.25, 0.3) is 0 Å². The first-order valence-corrected chi connectivity index (χ1v) is 19.6. The van der Waals surface area contributed by atoms with Gasteiger partial charge in [-0.1, -0.05) is 36.7 Å². The van der Waals surface area contributed by atoms with Crippen molar-refractivity contribution in [1.29, 1.82) is 0 Å². The summed E-state index contributed by atoms with van der Waals surface area (Å²) < 4.78 is 33.8. The minimum absolute atomic E-state index is 0.00619. The number of carbonyl (C=O) groups is 2. The van der Waals surface area contributed by atoms with Crippen molar-refractivity contribution in [3.63, 3.8) is 0 Å². The minimum atomic E-state index is -3.52. The molecule has 2 fully saturated rings. The summed E-state index contributed by atoms with van der Waals surface area (Å²) in [5.41, 5.74) is 1.31. The number of carbonyl (C=O) groups excluding carboxylic acids is 2. The molecule has 6 atom stereocenters. The van der Waals surface area contributed by atoms with Crippen molar-refractivity contribution in [2.45, 2.75) is 82.3 Å². The third-order valence-electron chi connectivity index (χ3n) is 11.3. The van der Waals surface area contributed by atoms with Crippen molar-refractivity contribution < 1.29 is 28.4 Å². The number of fused-ring (bicyclic) bond motifs is 4. The molecule has 7 rings (SSSR count). The molecule has 49 heavy (non-hydrogen) atoms. The van der Waals surface area contributed by atoms with E-state index in [2.05, 4.69) is 38.3 Å². The Morgan fingerprint density at radius 2 is 2.04 bits per heavy atom. The molecule has 2 bridgehead atoms. The Hall–Kier alpha value is -2.99. The van der Waals surface area contributed by atoms with Crippen LogP contribution in [0.1, 0.15) is 80.4 Å². The quantitative estimate of drug-likeness (QED) is 0.392. The van der Waals surface area contributed by atoms with Crippen LogP contribution in [-0.4, -0.2) is 70.4 Å². The highest BCUT2D eigenvalue weighted by molar-refractivity contribution is 7.92. The number of pyridine rings is 1. The first-order valence-electron chi connectivity index (χ1n) is 17.6. The Bertz CT molecular complexity index is 1780. The van der Waals surface area contributed by atoms with Gasteiger partial charge in [-0.25, -0.2) is 9.19 Å². The van der Waals surface area contributed by atoms with Crippen molar-refractivity contribution in [3.8, 4) is 5.75 Å². The number of hydrogen-bond acceptors (Lipinski definition) is 8. The molecular formula is C37H47ClN4O6S. The number of rotatable bonds is 3. The molecule has 2 N–H and O–H groups in total. The molecule has 264 valence electrons. The summed E-state index contributed by atoms with van der Waals surface area (Å²) in [6.45, 7) is 5.45. The number of nitrogens with zero attached hydrogens (tertiary/aromatic N) is 3. The van der Waals surface area contributed by atoms with E-state index >= 15 is 0 Å². The molecule has 1 spiro atoms. The third kappa shape index (κ3) is 7.01. The second-order valence-corrected chi connectivity index (χ2v) is 17.8. The summed E-state index contributed by atoms with van der Waals surface area (Å²) in [6.07, 6.45) is 10.2. The van der Waals surface area contributed by atoms with E-state index in [-0.39, 0.29) is 41.7 Å². The summed E-state index contributed by atoms with van der Waals surface area (Å²) >= 11 is 6.43. The number of halogens is 1. The number of aryl methyl sites for hydroxylation is 1. The number of allylic oxidation sites excluding steroid dienone is 1. The van der Waals surface area contributed by atoms with Crippen molar-refractivity contribution in [2.75, 3.05) is 37.5 Å². The van der Waals surface area contributed by atoms with E-state index in [1.807, 2.05) is 13.0 Å². The van der Waals surface area contributed by atoms with E-state index in [0.717, 1.165) is 43.7 Å². The molecule has 10 nitrogen and oxygen atoms in total. The van der Waals surface area contributed by atoms with E-state index in [1.54, 1.807) is 26.2 Å². The van der Waals surface area contributed by atoms with Gasteiger partial charge in [-0.05, 0) is 111 Å². The lowest BCUT2D eigenvalue weighted by Crippen LogP contribution is -2.50. The molecule has 2 saturated carbocycles. The Kier molecular flexibility index (Phi) is 9.34. The average molecular weight is 711 g/mol. The first-order chi connectivity index (χ1) is 23.4. The average Bonchev–Trinajstić information content (AvgIpc) is 3.17. The molecule has 2 aliphatic heterocycles. The maximum Gasteiger partial charge on any atom is 0.305 e. The Labute approximate surface area is 294 Å². The molecule has 2 amide bonds. The number of anilines is 1. The molecule has 0 saturated heterocycles. The number of aliphatic hydroxyl groups is 1. The number of nitrogens with one attached hydrogen (secondary N) is 1. The third-order valence-corrected chi connectivity index (χ3v) is 13.6. The van der Waals surface area contributed by atoms with Gasteiger partial charge in [0.1, 0.15) is 15.6 Å². The van der Waals surface area contributed by atoms with Gasteiger partial charge in [-0.15, -0.1) is 4.36 Å². The summed E-state index contributed by atoms with van der Waals surface area (Å²) in [7, 11) is -1.77. The van der Waals surface area contributed by atoms with E-state index in [0.29, 0.717) is 43.0 Å². The lowest BCUT2D eigenvalue weighted by Gasteiger charge is -2.45. The molecule has 5 aliphatic rings. The Morgan fingerprint density at radius 3 is 2.78 bits per heavy atom. The van der Waals surface area contributed by atoms with E-state index in [4.69, 9.17) is 26.1 Å². The van der Waals surface area contributed by atoms with Crippen LogP contribution in [0, 0.1) is 23.7 Å². The first kappa shape index (κ1) is 34.5. The van der Waals surface area contributed by atoms with Crippen LogP contribution in [0.2, 0.25) is 5.02 Å². The number of aromatic nitrogens is 1. The van der Waals surface area contributed by atoms with Crippen LogP contribution in [0.15, 0.2) is 46.8 Å². The van der Waals surface area contributed by atoms with Gasteiger partial charge < -0.3 is 19.5 Å². The number of benzene rings is 1. The van der Waals surface area contributed by atoms with Crippen LogP contribution in [-0.2, 0) is 31.3 Å². The standard InChI is InChI=1S/C37H47ClN4O6S/c1-23-6-4-8-31(47-3)28-11-9-25(28)19-42-21-37(15-5-7-24-16-27(38)10-12-29(24)37)22-48-32-14-13-30(39-33(32)42)35(44)41-49(46,20-23)40-34(43)26-17-36(2,45)18-26/h4,8,10,12-14,16,23,25-26,28,31,45H,5-7,9,11,15,17-22H2,1-3H3,(H,40,41,43,44,46)/b8-4-/t23-,25-,26?,28+,31-,36?,37-,49?/m0/s1. The normalized spacial score (nSPS) is 36.5. The smallest absolute Gasteiger partial charge is 0.305 e. The van der Waals surface area contributed by atoms with Crippen LogP contribution in [0.3, 0.4) is 0 Å². The van der Waals surface area contributed by atoms with Gasteiger partial charge in [0, 0.05) is 36.6 Å². The van der Waals surface area contributed by atoms with E-state index < -0.39 is 33.2 Å². The molecule has 0 radical (unpaired) electrons. The Balaban J connectivity index is 1.28. The molecule has 1 unspecified atom stereocenters. The van der Waals surface area contributed by atoms with Crippen molar-refractivity contribution in [2.24, 2.45) is 28.0 Å². The maximum absolute atomic E-state index is 14.4. The highest BCUT2D eigenvalue weighted by atomic mass is 35.5. The second kappa shape index (κ2) is 13.3. The summed E-state index contributed by atoms with van der Waals surface area (Å²) in [4.78, 5) is 34.2. The van der Waals surface area contributed by atoms with Gasteiger partial charge in [-0.3, -0.25) is 14.3 Å². The van der Waals surface area contributed by atoms with E-state index in [9.17, 15) is 18.9 Å². The molecule has 3 heterocycles. The minimum Gasteiger partial charge on any atom is -0.489 e. The summed E-state index contributed by atoms with van der Waals surface area (Å²) in [6, 6.07) is 9.51. The SMILES string of the molecule is CO[C@H]1/C=C\C[C@H](C)CS(=O)(NC(=O)C2CC(C)(O)C2)=NC(=O)c2ccc3c(n2)N(C[C@@H]2CC[C@H]21)C[C@@]1(CCCc2cc(Cl)ccc21)CO3. The zero-order valence-electron chi connectivity index (χ0n) is 28.5. The lowest BCUT2D eigenvalue weighted by atomic mass is 9.68. The monoisotopic (exact) mass is 710 g/mol. The van der Waals surface area contributed by atoms with Gasteiger partial charge in [0.15, 0.2) is 11.6 Å². The maximum atomic E-state index is 14.4. The zero-order valence-corrected chi connectivity index (χ0v) is 30.1. The molecular weight excluding hydrogens is 664 g/mol. The van der Waals surface area contributed by atoms with Crippen LogP contribution < -0.4 is 14.4 Å². The number of ether oxygens (including phenoxy) is 2. The fraction of sp³-hybridized carbons (Fsp3) is 0.595. The zero-order chi connectivity index (χ0) is 34.6. The number of hydrogen-bond donors (Lipinski definition) is 2. The van der Waals surface area contributed by atoms with Gasteiger partial charge in [-0.2, -0.15) is 0 Å². The highest BCUT2D eigenvalue weighted by Gasteiger charge is 2.46. The van der Waals surface area contributed by atoms with Crippen LogP contribution >= 0.6 is 11.6 Å². The van der Waals surface area contributed by atoms with Crippen LogP contribution in [0.5, 0.6) is 5.75 Å². The molecule has 3 aliphatic carbocycles. The summed E-state index contributed by atoms with van der Waals surface area (Å²) in [5, 5.41) is 10.9. The van der Waals surface area contributed by atoms with Crippen molar-refractivity contribution >= 4 is 39.1 Å². The highest BCUT2D eigenvalue weighted by Crippen LogP contribution is 2.46. The molecule has 12 heteroatoms.